The summed E-state index contributed by atoms with van der Waals surface area (Å²) in [6, 6.07) is -0.0472. The predicted molar refractivity (Wildman–Crippen MR) is 36.5 cm³/mol. The van der Waals surface area contributed by atoms with Crippen LogP contribution in [0.5, 0.6) is 0 Å². The second-order valence-corrected chi connectivity index (χ2v) is 2.41. The van der Waals surface area contributed by atoms with E-state index in [0.29, 0.717) is 6.42 Å². The Morgan fingerprint density at radius 3 is 2.40 bits per heavy atom. The second kappa shape index (κ2) is 4.24. The Labute approximate surface area is 59.7 Å². The van der Waals surface area contributed by atoms with Crippen molar-refractivity contribution in [3.63, 3.8) is 0 Å². The molecule has 2 atom stereocenters. The molecule has 0 aromatic heterocycles. The van der Waals surface area contributed by atoms with Crippen molar-refractivity contribution in [2.24, 2.45) is 5.73 Å². The number of carboxylic acid groups (broad SMARTS) is 1. The largest absolute Gasteiger partial charge is 0.479 e. The highest BCUT2D eigenvalue weighted by atomic mass is 16.4. The van der Waals surface area contributed by atoms with Gasteiger partial charge in [0.05, 0.1) is 0 Å². The third-order valence-electron chi connectivity index (χ3n) is 1.18. The number of rotatable bonds is 4. The van der Waals surface area contributed by atoms with Crippen LogP contribution in [0.4, 0.5) is 0 Å². The minimum absolute atomic E-state index is 0.0472. The van der Waals surface area contributed by atoms with Crippen molar-refractivity contribution in [2.75, 3.05) is 0 Å². The molecule has 0 fully saturated rings. The molecule has 4 heteroatoms. The number of carbonyl (C=O) groups is 1. The van der Waals surface area contributed by atoms with E-state index in [1.54, 1.807) is 6.92 Å². The maximum absolute atomic E-state index is 10.0. The van der Waals surface area contributed by atoms with Gasteiger partial charge in [-0.15, -0.1) is 0 Å². The third-order valence-corrected chi connectivity index (χ3v) is 1.18. The van der Waals surface area contributed by atoms with Gasteiger partial charge in [-0.3, -0.25) is 0 Å². The van der Waals surface area contributed by atoms with E-state index < -0.39 is 12.1 Å². The van der Waals surface area contributed by atoms with Crippen LogP contribution in [0.25, 0.3) is 0 Å². The molecule has 0 aliphatic heterocycles. The van der Waals surface area contributed by atoms with Crippen LogP contribution in [0, 0.1) is 0 Å². The molecule has 4 N–H and O–H groups in total. The lowest BCUT2D eigenvalue weighted by Crippen LogP contribution is -2.23. The molecule has 0 spiro atoms. The molecular weight excluding hydrogens is 134 g/mol. The van der Waals surface area contributed by atoms with Gasteiger partial charge in [0, 0.05) is 6.04 Å². The summed E-state index contributed by atoms with van der Waals surface area (Å²) in [5.74, 6) is -1.18. The van der Waals surface area contributed by atoms with Crippen LogP contribution in [0.1, 0.15) is 19.8 Å². The number of aliphatic carboxylic acids is 1. The van der Waals surface area contributed by atoms with E-state index in [9.17, 15) is 4.79 Å². The van der Waals surface area contributed by atoms with Gasteiger partial charge < -0.3 is 15.9 Å². The number of nitrogens with two attached hydrogens (primary N) is 1. The van der Waals surface area contributed by atoms with Gasteiger partial charge in [0.1, 0.15) is 0 Å². The summed E-state index contributed by atoms with van der Waals surface area (Å²) in [5.41, 5.74) is 5.34. The van der Waals surface area contributed by atoms with E-state index in [1.807, 2.05) is 0 Å². The molecule has 0 aromatic rings. The van der Waals surface area contributed by atoms with Crippen molar-refractivity contribution in [3.8, 4) is 0 Å². The van der Waals surface area contributed by atoms with E-state index in [4.69, 9.17) is 15.9 Å². The first kappa shape index (κ1) is 9.39. The van der Waals surface area contributed by atoms with Gasteiger partial charge in [-0.25, -0.2) is 4.79 Å². The Bertz CT molecular complexity index is 114. The molecule has 0 saturated heterocycles. The molecule has 0 aromatic carbocycles. The summed E-state index contributed by atoms with van der Waals surface area (Å²) < 4.78 is 0. The summed E-state index contributed by atoms with van der Waals surface area (Å²) in [4.78, 5) is 10.0. The first-order valence-electron chi connectivity index (χ1n) is 3.20. The van der Waals surface area contributed by atoms with E-state index in [0.717, 1.165) is 0 Å². The average molecular weight is 147 g/mol. The van der Waals surface area contributed by atoms with Crippen LogP contribution in [0.3, 0.4) is 0 Å². The Hall–Kier alpha value is -0.610. The molecule has 0 heterocycles. The Kier molecular flexibility index (Phi) is 3.99. The number of hydrogen-bond acceptors (Lipinski definition) is 3. The summed E-state index contributed by atoms with van der Waals surface area (Å²) in [6.45, 7) is 1.77. The molecule has 4 nitrogen and oxygen atoms in total. The molecule has 10 heavy (non-hydrogen) atoms. The monoisotopic (exact) mass is 147 g/mol. The SMILES string of the molecule is C[C@@H](N)CC[C@@H](O)C(=O)O. The van der Waals surface area contributed by atoms with Crippen molar-refractivity contribution < 1.29 is 15.0 Å². The van der Waals surface area contributed by atoms with Gasteiger partial charge >= 0.3 is 5.97 Å². The van der Waals surface area contributed by atoms with Gasteiger partial charge in [0.25, 0.3) is 0 Å². The van der Waals surface area contributed by atoms with Crippen molar-refractivity contribution in [1.82, 2.24) is 0 Å². The van der Waals surface area contributed by atoms with Crippen LogP contribution in [0.15, 0.2) is 0 Å². The zero-order chi connectivity index (χ0) is 8.15. The fourth-order valence-corrected chi connectivity index (χ4v) is 0.544. The number of aliphatic hydroxyl groups excluding tert-OH is 1. The van der Waals surface area contributed by atoms with Gasteiger partial charge in [-0.2, -0.15) is 0 Å². The fourth-order valence-electron chi connectivity index (χ4n) is 0.544. The molecule has 0 aliphatic carbocycles. The topological polar surface area (TPSA) is 83.5 Å². The van der Waals surface area contributed by atoms with Crippen molar-refractivity contribution in [3.05, 3.63) is 0 Å². The van der Waals surface area contributed by atoms with Crippen LogP contribution in [0.2, 0.25) is 0 Å². The first-order chi connectivity index (χ1) is 4.54. The zero-order valence-electron chi connectivity index (χ0n) is 5.95. The number of carboxylic acids is 1. The van der Waals surface area contributed by atoms with Crippen LogP contribution in [-0.4, -0.2) is 28.3 Å². The Morgan fingerprint density at radius 1 is 1.60 bits per heavy atom. The molecule has 0 bridgehead atoms. The molecule has 60 valence electrons. The first-order valence-corrected chi connectivity index (χ1v) is 3.20. The summed E-state index contributed by atoms with van der Waals surface area (Å²) >= 11 is 0. The van der Waals surface area contributed by atoms with Gasteiger partial charge in [-0.1, -0.05) is 0 Å². The maximum atomic E-state index is 10.0. The molecule has 0 unspecified atom stereocenters. The molecular formula is C6H13NO3. The average Bonchev–Trinajstić information content (AvgIpc) is 1.82. The van der Waals surface area contributed by atoms with E-state index >= 15 is 0 Å². The van der Waals surface area contributed by atoms with Crippen molar-refractivity contribution >= 4 is 5.97 Å². The smallest absolute Gasteiger partial charge is 0.332 e. The zero-order valence-corrected chi connectivity index (χ0v) is 5.95. The summed E-state index contributed by atoms with van der Waals surface area (Å²) in [6.07, 6.45) is -0.494. The number of hydrogen-bond donors (Lipinski definition) is 3. The minimum Gasteiger partial charge on any atom is -0.479 e. The minimum atomic E-state index is -1.26. The van der Waals surface area contributed by atoms with Gasteiger partial charge in [0.2, 0.25) is 0 Å². The van der Waals surface area contributed by atoms with Crippen LogP contribution >= 0.6 is 0 Å². The molecule has 0 rings (SSSR count). The van der Waals surface area contributed by atoms with E-state index in [-0.39, 0.29) is 12.5 Å². The van der Waals surface area contributed by atoms with Crippen molar-refractivity contribution in [1.29, 1.82) is 0 Å². The molecule has 0 amide bonds. The highest BCUT2D eigenvalue weighted by Gasteiger charge is 2.12. The third kappa shape index (κ3) is 4.29. The van der Waals surface area contributed by atoms with Crippen molar-refractivity contribution in [2.45, 2.75) is 31.9 Å². The molecule has 0 aliphatic rings. The number of aliphatic hydroxyl groups is 1. The lowest BCUT2D eigenvalue weighted by molar-refractivity contribution is -0.146. The molecule has 0 saturated carbocycles. The predicted octanol–water partition coefficient (Wildman–Crippen LogP) is -0.441. The molecule has 0 radical (unpaired) electrons. The Balaban J connectivity index is 3.40. The second-order valence-electron chi connectivity index (χ2n) is 2.41. The highest BCUT2D eigenvalue weighted by Crippen LogP contribution is 1.98. The van der Waals surface area contributed by atoms with Crippen LogP contribution < -0.4 is 5.73 Å². The lowest BCUT2D eigenvalue weighted by Gasteiger charge is -2.06. The normalized spacial score (nSPS) is 16.3. The highest BCUT2D eigenvalue weighted by molar-refractivity contribution is 5.71. The fraction of sp³-hybridized carbons (Fsp3) is 0.833. The summed E-state index contributed by atoms with van der Waals surface area (Å²) in [5, 5.41) is 16.9. The van der Waals surface area contributed by atoms with E-state index in [1.165, 1.54) is 0 Å². The maximum Gasteiger partial charge on any atom is 0.332 e. The van der Waals surface area contributed by atoms with Crippen LogP contribution in [-0.2, 0) is 4.79 Å². The van der Waals surface area contributed by atoms with Gasteiger partial charge in [0.15, 0.2) is 6.10 Å². The van der Waals surface area contributed by atoms with Gasteiger partial charge in [-0.05, 0) is 19.8 Å². The lowest BCUT2D eigenvalue weighted by atomic mass is 10.1. The Morgan fingerprint density at radius 2 is 2.10 bits per heavy atom. The van der Waals surface area contributed by atoms with E-state index in [2.05, 4.69) is 0 Å². The quantitative estimate of drug-likeness (QED) is 0.503. The standard InChI is InChI=1S/C6H13NO3/c1-4(7)2-3-5(8)6(9)10/h4-5,8H,2-3,7H2,1H3,(H,9,10)/t4-,5-/m1/s1. The summed E-state index contributed by atoms with van der Waals surface area (Å²) in [7, 11) is 0.